The second kappa shape index (κ2) is 6.45. The summed E-state index contributed by atoms with van der Waals surface area (Å²) in [6, 6.07) is 0. The number of carbonyl (C=O) groups is 2. The summed E-state index contributed by atoms with van der Waals surface area (Å²) in [7, 11) is 0. The first-order valence-electron chi connectivity index (χ1n) is 9.77. The van der Waals surface area contributed by atoms with Crippen LogP contribution in [0.2, 0.25) is 0 Å². The Hall–Kier alpha value is -1.20. The summed E-state index contributed by atoms with van der Waals surface area (Å²) in [6.07, 6.45) is 4.78. The fourth-order valence-electron chi connectivity index (χ4n) is 6.16. The lowest BCUT2D eigenvalue weighted by molar-refractivity contribution is -0.196. The third-order valence-corrected chi connectivity index (χ3v) is 8.11. The van der Waals surface area contributed by atoms with Crippen molar-refractivity contribution in [1.82, 2.24) is 0 Å². The Balaban J connectivity index is 2.15. The van der Waals surface area contributed by atoms with Gasteiger partial charge in [0.15, 0.2) is 0 Å². The molecule has 3 rings (SSSR count). The molecule has 1 unspecified atom stereocenters. The van der Waals surface area contributed by atoms with Crippen LogP contribution in [0.3, 0.4) is 0 Å². The minimum absolute atomic E-state index is 0.209. The molecule has 2 N–H and O–H groups in total. The van der Waals surface area contributed by atoms with E-state index in [-0.39, 0.29) is 23.0 Å². The van der Waals surface area contributed by atoms with Crippen LogP contribution in [0.15, 0.2) is 12.7 Å². The van der Waals surface area contributed by atoms with E-state index in [4.69, 9.17) is 4.74 Å². The third-order valence-electron chi connectivity index (χ3n) is 8.11. The number of Topliss-reactive ketones (excluding diaryl/α,β-unsaturated/α-hetero) is 1. The molecule has 0 saturated heterocycles. The van der Waals surface area contributed by atoms with Gasteiger partial charge in [-0.2, -0.15) is 0 Å². The lowest BCUT2D eigenvalue weighted by atomic mass is 9.46. The maximum atomic E-state index is 13.0. The lowest BCUT2D eigenvalue weighted by Crippen LogP contribution is -2.60. The van der Waals surface area contributed by atoms with Crippen molar-refractivity contribution < 1.29 is 24.5 Å². The molecule has 0 radical (unpaired) electrons. The molecule has 7 atom stereocenters. The van der Waals surface area contributed by atoms with Crippen LogP contribution >= 0.6 is 0 Å². The topological polar surface area (TPSA) is 83.8 Å². The van der Waals surface area contributed by atoms with Crippen LogP contribution < -0.4 is 0 Å². The number of carbonyl (C=O) groups excluding carboxylic acids is 2. The smallest absolute Gasteiger partial charge is 0.332 e. The van der Waals surface area contributed by atoms with Gasteiger partial charge in [0.25, 0.3) is 0 Å². The number of ether oxygens (including phenoxy) is 1. The van der Waals surface area contributed by atoms with Gasteiger partial charge < -0.3 is 14.9 Å². The number of aliphatic hydroxyl groups is 2. The van der Waals surface area contributed by atoms with E-state index in [2.05, 4.69) is 20.4 Å². The molecule has 0 aliphatic heterocycles. The van der Waals surface area contributed by atoms with Crippen LogP contribution in [0.5, 0.6) is 0 Å². The van der Waals surface area contributed by atoms with Crippen molar-refractivity contribution in [3.63, 3.8) is 0 Å². The second-order valence-corrected chi connectivity index (χ2v) is 9.34. The Labute approximate surface area is 155 Å². The minimum Gasteiger partial charge on any atom is -0.460 e. The molecule has 0 aromatic heterocycles. The summed E-state index contributed by atoms with van der Waals surface area (Å²) in [6.45, 7) is 9.41. The predicted molar refractivity (Wildman–Crippen MR) is 97.2 cm³/mol. The van der Waals surface area contributed by atoms with Crippen molar-refractivity contribution in [2.75, 3.05) is 6.61 Å². The number of ketones is 1. The van der Waals surface area contributed by atoms with Crippen molar-refractivity contribution in [2.24, 2.45) is 28.1 Å². The van der Waals surface area contributed by atoms with Gasteiger partial charge in [-0.25, -0.2) is 4.79 Å². The number of esters is 1. The largest absolute Gasteiger partial charge is 0.460 e. The summed E-state index contributed by atoms with van der Waals surface area (Å²) >= 11 is 0. The fourth-order valence-corrected chi connectivity index (χ4v) is 6.16. The zero-order valence-electron chi connectivity index (χ0n) is 16.2. The molecule has 2 bridgehead atoms. The van der Waals surface area contributed by atoms with Crippen molar-refractivity contribution in [3.8, 4) is 0 Å². The Morgan fingerprint density at radius 3 is 2.65 bits per heavy atom. The number of aliphatic hydroxyl groups excluding tert-OH is 2. The van der Waals surface area contributed by atoms with E-state index in [1.165, 1.54) is 0 Å². The molecule has 3 aliphatic rings. The van der Waals surface area contributed by atoms with E-state index in [1.807, 2.05) is 6.92 Å². The monoisotopic (exact) mass is 364 g/mol. The zero-order chi connectivity index (χ0) is 19.3. The number of hydrogen-bond acceptors (Lipinski definition) is 5. The van der Waals surface area contributed by atoms with Crippen LogP contribution in [0, 0.1) is 28.1 Å². The van der Waals surface area contributed by atoms with Gasteiger partial charge in [-0.1, -0.05) is 26.8 Å². The Morgan fingerprint density at radius 1 is 1.35 bits per heavy atom. The number of rotatable bonds is 3. The Kier molecular flexibility index (Phi) is 4.85. The van der Waals surface area contributed by atoms with Crippen LogP contribution in [0.1, 0.15) is 59.3 Å². The predicted octanol–water partition coefficient (Wildman–Crippen LogP) is 2.64. The highest BCUT2D eigenvalue weighted by Crippen LogP contribution is 2.66. The highest BCUT2D eigenvalue weighted by atomic mass is 16.6. The average Bonchev–Trinajstić information content (AvgIpc) is 2.94. The summed E-state index contributed by atoms with van der Waals surface area (Å²) in [5.74, 6) is -0.437. The molecule has 0 spiro atoms. The van der Waals surface area contributed by atoms with E-state index < -0.39 is 35.6 Å². The second-order valence-electron chi connectivity index (χ2n) is 9.34. The average molecular weight is 364 g/mol. The zero-order valence-corrected chi connectivity index (χ0v) is 16.2. The molecule has 3 saturated carbocycles. The minimum atomic E-state index is -0.682. The van der Waals surface area contributed by atoms with Gasteiger partial charge in [-0.3, -0.25) is 4.79 Å². The van der Waals surface area contributed by atoms with Gasteiger partial charge in [-0.05, 0) is 43.4 Å². The van der Waals surface area contributed by atoms with Gasteiger partial charge >= 0.3 is 5.97 Å². The molecule has 146 valence electrons. The molecule has 0 amide bonds. The van der Waals surface area contributed by atoms with Gasteiger partial charge in [0.1, 0.15) is 18.5 Å². The molecule has 0 heterocycles. The van der Waals surface area contributed by atoms with Gasteiger partial charge in [0.2, 0.25) is 0 Å². The van der Waals surface area contributed by atoms with Crippen LogP contribution in [-0.2, 0) is 14.3 Å². The van der Waals surface area contributed by atoms with Crippen molar-refractivity contribution in [2.45, 2.75) is 71.5 Å². The van der Waals surface area contributed by atoms with Crippen molar-refractivity contribution >= 4 is 11.8 Å². The molecule has 0 aromatic rings. The van der Waals surface area contributed by atoms with Crippen LogP contribution in [0.25, 0.3) is 0 Å². The lowest BCUT2D eigenvalue weighted by Gasteiger charge is -2.59. The molecule has 3 aliphatic carbocycles. The standard InChI is InChI=1S/C21H32O5/c1-5-19(3)11-16(26-17(25)12-22)20(4)13(2)6-8-21(10-15(19)24)9-7-14(23)18(20)21/h5,13,15-16,18,22,24H,1,6-12H2,2-4H3/t13-,15+,16-,18?,19-,20+,21+/m1/s1. The van der Waals surface area contributed by atoms with Crippen molar-refractivity contribution in [3.05, 3.63) is 12.7 Å². The highest BCUT2D eigenvalue weighted by Gasteiger charge is 2.66. The third kappa shape index (κ3) is 2.66. The first kappa shape index (κ1) is 19.6. The molecule has 0 aromatic carbocycles. The first-order chi connectivity index (χ1) is 12.1. The molecule has 3 fully saturated rings. The van der Waals surface area contributed by atoms with Crippen molar-refractivity contribution in [1.29, 1.82) is 0 Å². The summed E-state index contributed by atoms with van der Waals surface area (Å²) in [5.41, 5.74) is -1.34. The SMILES string of the molecule is C=C[C@]1(C)C[C@@H](OC(=O)CO)[C@@]2(C)C3C(=O)CC[C@@]3(CC[C@H]2C)C[C@@H]1O. The quantitative estimate of drug-likeness (QED) is 0.594. The highest BCUT2D eigenvalue weighted by molar-refractivity contribution is 5.85. The number of hydrogen-bond donors (Lipinski definition) is 2. The summed E-state index contributed by atoms with van der Waals surface area (Å²) < 4.78 is 5.73. The molecular formula is C21H32O5. The van der Waals surface area contributed by atoms with Gasteiger partial charge in [-0.15, -0.1) is 6.58 Å². The normalized spacial score (nSPS) is 48.3. The van der Waals surface area contributed by atoms with E-state index in [0.29, 0.717) is 19.3 Å². The van der Waals surface area contributed by atoms with Crippen LogP contribution in [0.4, 0.5) is 0 Å². The van der Waals surface area contributed by atoms with E-state index in [1.54, 1.807) is 6.08 Å². The van der Waals surface area contributed by atoms with Gasteiger partial charge in [0.05, 0.1) is 6.10 Å². The van der Waals surface area contributed by atoms with E-state index in [9.17, 15) is 19.8 Å². The Morgan fingerprint density at radius 2 is 2.04 bits per heavy atom. The summed E-state index contributed by atoms with van der Waals surface area (Å²) in [5, 5.41) is 20.3. The molecular weight excluding hydrogens is 332 g/mol. The van der Waals surface area contributed by atoms with E-state index in [0.717, 1.165) is 19.3 Å². The first-order valence-corrected chi connectivity index (χ1v) is 9.77. The Bertz CT molecular complexity index is 616. The molecule has 5 nitrogen and oxygen atoms in total. The van der Waals surface area contributed by atoms with E-state index >= 15 is 0 Å². The van der Waals surface area contributed by atoms with Crippen LogP contribution in [-0.4, -0.2) is 40.8 Å². The maximum absolute atomic E-state index is 13.0. The molecule has 26 heavy (non-hydrogen) atoms. The maximum Gasteiger partial charge on any atom is 0.332 e. The molecule has 5 heteroatoms. The fraction of sp³-hybridized carbons (Fsp3) is 0.810. The van der Waals surface area contributed by atoms with Gasteiger partial charge in [0, 0.05) is 23.2 Å². The summed E-state index contributed by atoms with van der Waals surface area (Å²) in [4.78, 5) is 25.0.